The summed E-state index contributed by atoms with van der Waals surface area (Å²) in [7, 11) is 0. The van der Waals surface area contributed by atoms with Crippen LogP contribution in [0.5, 0.6) is 0 Å². The van der Waals surface area contributed by atoms with Crippen molar-refractivity contribution in [2.75, 3.05) is 11.4 Å². The third-order valence-electron chi connectivity index (χ3n) is 3.24. The highest BCUT2D eigenvalue weighted by Gasteiger charge is 2.04. The molecule has 0 fully saturated rings. The Hall–Kier alpha value is -2.82. The molecular weight excluding hydrogens is 274 g/mol. The van der Waals surface area contributed by atoms with E-state index in [9.17, 15) is 0 Å². The van der Waals surface area contributed by atoms with Gasteiger partial charge in [-0.05, 0) is 30.2 Å². The fraction of sp³-hybridized carbons (Fsp3) is 0.176. The van der Waals surface area contributed by atoms with Gasteiger partial charge in [-0.3, -0.25) is 0 Å². The Morgan fingerprint density at radius 1 is 1.05 bits per heavy atom. The highest BCUT2D eigenvalue weighted by Crippen LogP contribution is 2.17. The first-order valence-corrected chi connectivity index (χ1v) is 7.20. The van der Waals surface area contributed by atoms with Crippen molar-refractivity contribution in [2.45, 2.75) is 13.5 Å². The third-order valence-corrected chi connectivity index (χ3v) is 3.24. The number of hydrogen-bond acceptors (Lipinski definition) is 3. The van der Waals surface area contributed by atoms with Gasteiger partial charge in [-0.25, -0.2) is 0 Å². The van der Waals surface area contributed by atoms with Crippen molar-refractivity contribution in [1.82, 2.24) is 0 Å². The van der Waals surface area contributed by atoms with E-state index in [1.807, 2.05) is 18.2 Å². The van der Waals surface area contributed by atoms with E-state index < -0.39 is 0 Å². The lowest BCUT2D eigenvalue weighted by molar-refractivity contribution is 0.832. The molecule has 22 heavy (non-hydrogen) atoms. The summed E-state index contributed by atoms with van der Waals surface area (Å²) in [4.78, 5) is 2.31. The van der Waals surface area contributed by atoms with Gasteiger partial charge in [0.1, 0.15) is 0 Å². The molecule has 2 aromatic rings. The first-order valence-electron chi connectivity index (χ1n) is 7.20. The molecule has 0 heterocycles. The van der Waals surface area contributed by atoms with Crippen LogP contribution in [0.1, 0.15) is 18.1 Å². The molecule has 0 unspecified atom stereocenters. The smallest absolute Gasteiger partial charge is 0.211 e. The quantitative estimate of drug-likeness (QED) is 0.487. The van der Waals surface area contributed by atoms with Crippen LogP contribution < -0.4 is 16.4 Å². The maximum atomic E-state index is 5.22. The SMILES string of the molecule is CCN(Cc1ccccc1)c1ccc(/C=N/N=C(N)N)cc1. The topological polar surface area (TPSA) is 80.0 Å². The second-order valence-corrected chi connectivity index (χ2v) is 4.86. The molecule has 2 rings (SSSR count). The predicted molar refractivity (Wildman–Crippen MR) is 93.0 cm³/mol. The number of nitrogens with two attached hydrogens (primary N) is 2. The first kappa shape index (κ1) is 15.6. The van der Waals surface area contributed by atoms with Gasteiger partial charge in [0.2, 0.25) is 5.96 Å². The Morgan fingerprint density at radius 3 is 2.32 bits per heavy atom. The van der Waals surface area contributed by atoms with Crippen molar-refractivity contribution >= 4 is 17.9 Å². The Balaban J connectivity index is 2.07. The lowest BCUT2D eigenvalue weighted by Gasteiger charge is -2.23. The maximum Gasteiger partial charge on any atom is 0.211 e. The van der Waals surface area contributed by atoms with Crippen molar-refractivity contribution in [1.29, 1.82) is 0 Å². The minimum Gasteiger partial charge on any atom is -0.369 e. The molecule has 0 aromatic heterocycles. The second kappa shape index (κ2) is 7.83. The lowest BCUT2D eigenvalue weighted by Crippen LogP contribution is -2.22. The summed E-state index contributed by atoms with van der Waals surface area (Å²) < 4.78 is 0. The van der Waals surface area contributed by atoms with Crippen LogP contribution in [0.3, 0.4) is 0 Å². The molecule has 0 amide bonds. The fourth-order valence-electron chi connectivity index (χ4n) is 2.12. The average molecular weight is 295 g/mol. The number of rotatable bonds is 6. The summed E-state index contributed by atoms with van der Waals surface area (Å²) in [6.45, 7) is 3.98. The van der Waals surface area contributed by atoms with E-state index in [1.54, 1.807) is 6.21 Å². The third kappa shape index (κ3) is 4.63. The van der Waals surface area contributed by atoms with Crippen LogP contribution in [-0.4, -0.2) is 18.7 Å². The van der Waals surface area contributed by atoms with Crippen LogP contribution in [0, 0.1) is 0 Å². The number of hydrogen-bond donors (Lipinski definition) is 2. The van der Waals surface area contributed by atoms with Crippen LogP contribution in [-0.2, 0) is 6.54 Å². The van der Waals surface area contributed by atoms with Gasteiger partial charge in [0, 0.05) is 18.8 Å². The highest BCUT2D eigenvalue weighted by atomic mass is 15.3. The summed E-state index contributed by atoms with van der Waals surface area (Å²) in [6, 6.07) is 18.6. The van der Waals surface area contributed by atoms with Gasteiger partial charge in [-0.15, -0.1) is 5.10 Å². The number of benzene rings is 2. The summed E-state index contributed by atoms with van der Waals surface area (Å²) in [6.07, 6.45) is 1.62. The molecule has 0 bridgehead atoms. The van der Waals surface area contributed by atoms with E-state index in [0.717, 1.165) is 18.7 Å². The zero-order valence-electron chi connectivity index (χ0n) is 12.7. The number of anilines is 1. The Morgan fingerprint density at radius 2 is 1.73 bits per heavy atom. The zero-order valence-corrected chi connectivity index (χ0v) is 12.7. The summed E-state index contributed by atoms with van der Waals surface area (Å²) in [5.74, 6) is -0.0483. The molecule has 2 aromatic carbocycles. The van der Waals surface area contributed by atoms with Gasteiger partial charge in [0.15, 0.2) is 0 Å². The largest absolute Gasteiger partial charge is 0.369 e. The van der Waals surface area contributed by atoms with E-state index >= 15 is 0 Å². The van der Waals surface area contributed by atoms with Gasteiger partial charge < -0.3 is 16.4 Å². The summed E-state index contributed by atoms with van der Waals surface area (Å²) >= 11 is 0. The normalized spacial score (nSPS) is 10.6. The van der Waals surface area contributed by atoms with Crippen molar-refractivity contribution in [3.8, 4) is 0 Å². The van der Waals surface area contributed by atoms with Crippen molar-refractivity contribution in [3.63, 3.8) is 0 Å². The Kier molecular flexibility index (Phi) is 5.54. The summed E-state index contributed by atoms with van der Waals surface area (Å²) in [5, 5.41) is 7.38. The van der Waals surface area contributed by atoms with Crippen LogP contribution >= 0.6 is 0 Å². The molecule has 0 spiro atoms. The fourth-order valence-corrected chi connectivity index (χ4v) is 2.12. The van der Waals surface area contributed by atoms with Crippen molar-refractivity contribution < 1.29 is 0 Å². The first-order chi connectivity index (χ1) is 10.7. The van der Waals surface area contributed by atoms with E-state index in [-0.39, 0.29) is 5.96 Å². The molecule has 0 aliphatic rings. The van der Waals surface area contributed by atoms with Gasteiger partial charge in [0.05, 0.1) is 6.21 Å². The maximum absolute atomic E-state index is 5.22. The number of nitrogens with zero attached hydrogens (tertiary/aromatic N) is 3. The van der Waals surface area contributed by atoms with E-state index in [1.165, 1.54) is 11.3 Å². The van der Waals surface area contributed by atoms with Crippen LogP contribution in [0.15, 0.2) is 64.8 Å². The molecule has 0 aliphatic carbocycles. The molecule has 4 N–H and O–H groups in total. The Bertz CT molecular complexity index is 628. The molecule has 5 heteroatoms. The van der Waals surface area contributed by atoms with E-state index in [2.05, 4.69) is 58.4 Å². The molecule has 0 saturated carbocycles. The van der Waals surface area contributed by atoms with Crippen LogP contribution in [0.2, 0.25) is 0 Å². The lowest BCUT2D eigenvalue weighted by atomic mass is 10.1. The molecule has 0 aliphatic heterocycles. The minimum absolute atomic E-state index is 0.0483. The van der Waals surface area contributed by atoms with Crippen molar-refractivity contribution in [3.05, 3.63) is 65.7 Å². The zero-order chi connectivity index (χ0) is 15.8. The highest BCUT2D eigenvalue weighted by molar-refractivity contribution is 5.82. The van der Waals surface area contributed by atoms with Gasteiger partial charge in [-0.1, -0.05) is 42.5 Å². The molecule has 0 saturated heterocycles. The van der Waals surface area contributed by atoms with Crippen molar-refractivity contribution in [2.24, 2.45) is 21.7 Å². The molecular formula is C17H21N5. The predicted octanol–water partition coefficient (Wildman–Crippen LogP) is 2.32. The molecule has 5 nitrogen and oxygen atoms in total. The minimum atomic E-state index is -0.0483. The van der Waals surface area contributed by atoms with Crippen LogP contribution in [0.25, 0.3) is 0 Å². The van der Waals surface area contributed by atoms with Crippen LogP contribution in [0.4, 0.5) is 5.69 Å². The molecule has 0 atom stereocenters. The van der Waals surface area contributed by atoms with E-state index in [0.29, 0.717) is 0 Å². The Labute approximate surface area is 131 Å². The second-order valence-electron chi connectivity index (χ2n) is 4.86. The van der Waals surface area contributed by atoms with E-state index in [4.69, 9.17) is 11.5 Å². The molecule has 114 valence electrons. The average Bonchev–Trinajstić information content (AvgIpc) is 2.54. The van der Waals surface area contributed by atoms with Gasteiger partial charge in [0.25, 0.3) is 0 Å². The monoisotopic (exact) mass is 295 g/mol. The van der Waals surface area contributed by atoms with Gasteiger partial charge in [-0.2, -0.15) is 5.10 Å². The summed E-state index contributed by atoms with van der Waals surface area (Å²) in [5.41, 5.74) is 13.9. The van der Waals surface area contributed by atoms with Gasteiger partial charge >= 0.3 is 0 Å². The number of guanidine groups is 1. The standard InChI is InChI=1S/C17H21N5/c1-2-22(13-15-6-4-3-5-7-15)16-10-8-14(9-11-16)12-20-21-17(18)19/h3-12H,2,13H2,1H3,(H4,18,19,21)/b20-12+. The molecule has 0 radical (unpaired) electrons.